The number of rotatable bonds is 4. The van der Waals surface area contributed by atoms with E-state index in [0.717, 1.165) is 0 Å². The predicted molar refractivity (Wildman–Crippen MR) is 96.6 cm³/mol. The Kier molecular flexibility index (Phi) is 5.91. The highest BCUT2D eigenvalue weighted by molar-refractivity contribution is 6.36. The zero-order valence-corrected chi connectivity index (χ0v) is 14.9. The maximum atomic E-state index is 14.3. The molecule has 1 N–H and O–H groups in total. The van der Waals surface area contributed by atoms with Crippen molar-refractivity contribution in [3.05, 3.63) is 63.9 Å². The van der Waals surface area contributed by atoms with Crippen LogP contribution in [0.15, 0.2) is 42.5 Å². The van der Waals surface area contributed by atoms with Crippen LogP contribution in [0.25, 0.3) is 0 Å². The third-order valence-corrected chi connectivity index (χ3v) is 4.60. The van der Waals surface area contributed by atoms with E-state index in [1.807, 2.05) is 4.90 Å². The number of halogens is 3. The Morgan fingerprint density at radius 3 is 2.56 bits per heavy atom. The molecule has 1 saturated heterocycles. The van der Waals surface area contributed by atoms with Gasteiger partial charge in [0.1, 0.15) is 11.9 Å². The standard InChI is InChI=1S/C18H17Cl2FN2O2/c19-12-5-6-16(14(20)11-12)22-18(24)17(23-7-9-25-10-8-23)13-3-1-2-4-15(13)21/h1-6,11,17H,7-10H2,(H,22,24)/t17-/m0/s1. The number of carbonyl (C=O) groups is 1. The van der Waals surface area contributed by atoms with Gasteiger partial charge in [-0.3, -0.25) is 9.69 Å². The molecule has 3 rings (SSSR count). The first kappa shape index (κ1) is 18.1. The van der Waals surface area contributed by atoms with Crippen molar-refractivity contribution >= 4 is 34.8 Å². The molecule has 0 spiro atoms. The molecule has 1 amide bonds. The van der Waals surface area contributed by atoms with Crippen LogP contribution in [0.3, 0.4) is 0 Å². The molecule has 132 valence electrons. The molecule has 0 bridgehead atoms. The van der Waals surface area contributed by atoms with Crippen LogP contribution in [0.1, 0.15) is 11.6 Å². The van der Waals surface area contributed by atoms with Crippen LogP contribution < -0.4 is 5.32 Å². The Labute approximate surface area is 155 Å². The quantitative estimate of drug-likeness (QED) is 0.863. The molecule has 2 aromatic rings. The second-order valence-electron chi connectivity index (χ2n) is 5.69. The van der Waals surface area contributed by atoms with Crippen LogP contribution in [0.5, 0.6) is 0 Å². The first-order chi connectivity index (χ1) is 12.1. The number of anilines is 1. The van der Waals surface area contributed by atoms with Gasteiger partial charge in [0.15, 0.2) is 0 Å². The molecule has 25 heavy (non-hydrogen) atoms. The molecular weight excluding hydrogens is 366 g/mol. The Morgan fingerprint density at radius 1 is 1.16 bits per heavy atom. The van der Waals surface area contributed by atoms with E-state index in [9.17, 15) is 9.18 Å². The van der Waals surface area contributed by atoms with Gasteiger partial charge in [0.2, 0.25) is 5.91 Å². The summed E-state index contributed by atoms with van der Waals surface area (Å²) in [5.74, 6) is -0.771. The summed E-state index contributed by atoms with van der Waals surface area (Å²) in [7, 11) is 0. The van der Waals surface area contributed by atoms with E-state index >= 15 is 0 Å². The van der Waals surface area contributed by atoms with Gasteiger partial charge in [0, 0.05) is 23.7 Å². The van der Waals surface area contributed by atoms with Gasteiger partial charge in [-0.05, 0) is 24.3 Å². The normalized spacial score (nSPS) is 16.4. The molecule has 0 unspecified atom stereocenters. The fourth-order valence-corrected chi connectivity index (χ4v) is 3.28. The Hall–Kier alpha value is -1.66. The predicted octanol–water partition coefficient (Wildman–Crippen LogP) is 4.14. The van der Waals surface area contributed by atoms with E-state index in [1.54, 1.807) is 36.4 Å². The molecule has 4 nitrogen and oxygen atoms in total. The lowest BCUT2D eigenvalue weighted by Crippen LogP contribution is -2.44. The zero-order valence-electron chi connectivity index (χ0n) is 13.3. The van der Waals surface area contributed by atoms with Crippen molar-refractivity contribution < 1.29 is 13.9 Å². The first-order valence-corrected chi connectivity index (χ1v) is 8.64. The summed E-state index contributed by atoms with van der Waals surface area (Å²) < 4.78 is 19.7. The fraction of sp³-hybridized carbons (Fsp3) is 0.278. The summed E-state index contributed by atoms with van der Waals surface area (Å²) in [6.07, 6.45) is 0. The van der Waals surface area contributed by atoms with Crippen LogP contribution in [-0.2, 0) is 9.53 Å². The molecule has 1 heterocycles. The van der Waals surface area contributed by atoms with Gasteiger partial charge < -0.3 is 10.1 Å². The minimum Gasteiger partial charge on any atom is -0.379 e. The topological polar surface area (TPSA) is 41.6 Å². The molecule has 1 aliphatic rings. The van der Waals surface area contributed by atoms with Gasteiger partial charge in [-0.15, -0.1) is 0 Å². The van der Waals surface area contributed by atoms with Gasteiger partial charge in [-0.25, -0.2) is 4.39 Å². The molecule has 0 radical (unpaired) electrons. The number of nitrogens with one attached hydrogen (secondary N) is 1. The molecule has 1 aliphatic heterocycles. The summed E-state index contributed by atoms with van der Waals surface area (Å²) in [6, 6.07) is 10.3. The zero-order chi connectivity index (χ0) is 17.8. The van der Waals surface area contributed by atoms with Gasteiger partial charge >= 0.3 is 0 Å². The highest BCUT2D eigenvalue weighted by atomic mass is 35.5. The van der Waals surface area contributed by atoms with Crippen molar-refractivity contribution in [2.24, 2.45) is 0 Å². The number of nitrogens with zero attached hydrogens (tertiary/aromatic N) is 1. The number of hydrogen-bond donors (Lipinski definition) is 1. The summed E-state index contributed by atoms with van der Waals surface area (Å²) >= 11 is 12.0. The van der Waals surface area contributed by atoms with Crippen molar-refractivity contribution in [2.75, 3.05) is 31.6 Å². The molecule has 0 saturated carbocycles. The van der Waals surface area contributed by atoms with Crippen molar-refractivity contribution in [1.29, 1.82) is 0 Å². The minimum absolute atomic E-state index is 0.326. The van der Waals surface area contributed by atoms with E-state index in [0.29, 0.717) is 47.6 Å². The largest absolute Gasteiger partial charge is 0.379 e. The van der Waals surface area contributed by atoms with Crippen LogP contribution in [0.4, 0.5) is 10.1 Å². The van der Waals surface area contributed by atoms with E-state index < -0.39 is 11.9 Å². The number of hydrogen-bond acceptors (Lipinski definition) is 3. The maximum absolute atomic E-state index is 14.3. The highest BCUT2D eigenvalue weighted by Crippen LogP contribution is 2.29. The first-order valence-electron chi connectivity index (χ1n) is 7.88. The summed E-state index contributed by atoms with van der Waals surface area (Å²) in [6.45, 7) is 2.08. The average Bonchev–Trinajstić information content (AvgIpc) is 2.60. The molecule has 1 fully saturated rings. The monoisotopic (exact) mass is 382 g/mol. The third kappa shape index (κ3) is 4.30. The lowest BCUT2D eigenvalue weighted by Gasteiger charge is -2.34. The van der Waals surface area contributed by atoms with E-state index in [2.05, 4.69) is 5.32 Å². The number of amides is 1. The fourth-order valence-electron chi connectivity index (χ4n) is 2.83. The summed E-state index contributed by atoms with van der Waals surface area (Å²) in [5.41, 5.74) is 0.762. The molecule has 0 aromatic heterocycles. The van der Waals surface area contributed by atoms with E-state index in [1.165, 1.54) is 6.07 Å². The van der Waals surface area contributed by atoms with Crippen LogP contribution >= 0.6 is 23.2 Å². The second-order valence-corrected chi connectivity index (χ2v) is 6.53. The van der Waals surface area contributed by atoms with E-state index in [4.69, 9.17) is 27.9 Å². The van der Waals surface area contributed by atoms with Crippen molar-refractivity contribution in [1.82, 2.24) is 4.90 Å². The van der Waals surface area contributed by atoms with Crippen molar-refractivity contribution in [3.8, 4) is 0 Å². The lowest BCUT2D eigenvalue weighted by atomic mass is 10.0. The van der Waals surface area contributed by atoms with Crippen molar-refractivity contribution in [3.63, 3.8) is 0 Å². The van der Waals surface area contributed by atoms with Gasteiger partial charge in [-0.2, -0.15) is 0 Å². The Bertz CT molecular complexity index is 766. The molecular formula is C18H17Cl2FN2O2. The van der Waals surface area contributed by atoms with Crippen molar-refractivity contribution in [2.45, 2.75) is 6.04 Å². The highest BCUT2D eigenvalue weighted by Gasteiger charge is 2.31. The second kappa shape index (κ2) is 8.15. The molecule has 2 aromatic carbocycles. The lowest BCUT2D eigenvalue weighted by molar-refractivity contribution is -0.123. The minimum atomic E-state index is -0.767. The van der Waals surface area contributed by atoms with Gasteiger partial charge in [-0.1, -0.05) is 41.4 Å². The summed E-state index contributed by atoms with van der Waals surface area (Å²) in [4.78, 5) is 14.9. The van der Waals surface area contributed by atoms with Crippen LogP contribution in [0, 0.1) is 5.82 Å². The number of ether oxygens (including phenoxy) is 1. The van der Waals surface area contributed by atoms with Gasteiger partial charge in [0.25, 0.3) is 0 Å². The Morgan fingerprint density at radius 2 is 1.88 bits per heavy atom. The van der Waals surface area contributed by atoms with Crippen LogP contribution in [-0.4, -0.2) is 37.1 Å². The van der Waals surface area contributed by atoms with E-state index in [-0.39, 0.29) is 5.91 Å². The SMILES string of the molecule is O=C(Nc1ccc(Cl)cc1Cl)[C@H](c1ccccc1F)N1CCOCC1. The third-order valence-electron chi connectivity index (χ3n) is 4.05. The molecule has 0 aliphatic carbocycles. The number of morpholine rings is 1. The molecule has 1 atom stereocenters. The smallest absolute Gasteiger partial charge is 0.246 e. The number of benzene rings is 2. The Balaban J connectivity index is 1.90. The maximum Gasteiger partial charge on any atom is 0.246 e. The van der Waals surface area contributed by atoms with Gasteiger partial charge in [0.05, 0.1) is 23.9 Å². The molecule has 7 heteroatoms. The number of carbonyl (C=O) groups excluding carboxylic acids is 1. The summed E-state index contributed by atoms with van der Waals surface area (Å²) in [5, 5.41) is 3.58. The average molecular weight is 383 g/mol. The van der Waals surface area contributed by atoms with Crippen LogP contribution in [0.2, 0.25) is 10.0 Å².